The Morgan fingerprint density at radius 1 is 0.704 bits per heavy atom. The second-order valence-corrected chi connectivity index (χ2v) is 7.76. The Labute approximate surface area is 158 Å². The van der Waals surface area contributed by atoms with Crippen LogP contribution in [-0.4, -0.2) is 20.4 Å². The normalized spacial score (nSPS) is 11.7. The minimum atomic E-state index is 1.05. The van der Waals surface area contributed by atoms with Gasteiger partial charge in [0.2, 0.25) is 0 Å². The maximum Gasteiger partial charge on any atom is 0.0737 e. The first-order chi connectivity index (χ1) is 13.3. The number of nitrogens with one attached hydrogen (secondary N) is 2. The second-order valence-electron chi connectivity index (χ2n) is 6.68. The summed E-state index contributed by atoms with van der Waals surface area (Å²) in [5.41, 5.74) is 5.67. The van der Waals surface area contributed by atoms with Crippen molar-refractivity contribution < 1.29 is 0 Å². The van der Waals surface area contributed by atoms with Crippen molar-refractivity contribution in [2.45, 2.75) is 0 Å². The molecule has 3 aromatic carbocycles. The molecule has 0 radical (unpaired) electrons. The minimum Gasteiger partial charge on any atom is -0.278 e. The van der Waals surface area contributed by atoms with Crippen LogP contribution < -0.4 is 0 Å². The van der Waals surface area contributed by atoms with Crippen LogP contribution in [0.25, 0.3) is 53.5 Å². The third-order valence-corrected chi connectivity index (χ3v) is 6.16. The number of fused-ring (bicyclic) bond motifs is 3. The van der Waals surface area contributed by atoms with Crippen LogP contribution in [0.4, 0.5) is 0 Å². The average Bonchev–Trinajstić information content (AvgIpc) is 3.44. The molecule has 0 aliphatic rings. The van der Waals surface area contributed by atoms with Crippen molar-refractivity contribution in [3.63, 3.8) is 0 Å². The number of hydrogen-bond donors (Lipinski definition) is 2. The molecule has 27 heavy (non-hydrogen) atoms. The molecule has 6 rings (SSSR count). The number of nitrogens with zero attached hydrogens (tertiary/aromatic N) is 2. The zero-order valence-corrected chi connectivity index (χ0v) is 15.0. The van der Waals surface area contributed by atoms with Crippen LogP contribution in [0.15, 0.2) is 73.1 Å². The van der Waals surface area contributed by atoms with Gasteiger partial charge in [-0.05, 0) is 52.9 Å². The number of aromatic amines is 2. The Hall–Kier alpha value is -3.44. The van der Waals surface area contributed by atoms with Crippen molar-refractivity contribution in [3.8, 4) is 21.6 Å². The van der Waals surface area contributed by atoms with Crippen LogP contribution in [0.2, 0.25) is 0 Å². The van der Waals surface area contributed by atoms with Crippen molar-refractivity contribution in [3.05, 3.63) is 73.1 Å². The van der Waals surface area contributed by atoms with E-state index < -0.39 is 0 Å². The maximum atomic E-state index is 4.28. The molecule has 0 bridgehead atoms. The molecule has 0 unspecified atom stereocenters. The molecule has 0 saturated carbocycles. The highest BCUT2D eigenvalue weighted by atomic mass is 32.1. The van der Waals surface area contributed by atoms with Gasteiger partial charge >= 0.3 is 0 Å². The lowest BCUT2D eigenvalue weighted by Gasteiger charge is -2.07. The first-order valence-corrected chi connectivity index (χ1v) is 9.56. The number of thiophene rings is 1. The van der Waals surface area contributed by atoms with Crippen molar-refractivity contribution in [2.75, 3.05) is 0 Å². The van der Waals surface area contributed by atoms with E-state index in [9.17, 15) is 0 Å². The average molecular weight is 366 g/mol. The Balaban J connectivity index is 1.61. The minimum absolute atomic E-state index is 1.05. The van der Waals surface area contributed by atoms with Crippen LogP contribution in [0, 0.1) is 0 Å². The topological polar surface area (TPSA) is 57.4 Å². The molecule has 0 fully saturated rings. The van der Waals surface area contributed by atoms with Gasteiger partial charge < -0.3 is 0 Å². The highest BCUT2D eigenvalue weighted by Gasteiger charge is 2.12. The van der Waals surface area contributed by atoms with Crippen molar-refractivity contribution in [2.24, 2.45) is 0 Å². The summed E-state index contributed by atoms with van der Waals surface area (Å²) in [5.74, 6) is 0. The Kier molecular flexibility index (Phi) is 3.01. The standard InChI is InChI=1S/C22H14N4S/c1-2-4-20-14(3-1)10-21(27-20)18-9-15(8-17-12-24-26-22(17)18)13-5-6-19-16(7-13)11-23-25-19/h1-12H,(H,23,25)(H,24,26). The van der Waals surface area contributed by atoms with Crippen molar-refractivity contribution >= 4 is 43.2 Å². The van der Waals surface area contributed by atoms with E-state index in [-0.39, 0.29) is 0 Å². The highest BCUT2D eigenvalue weighted by molar-refractivity contribution is 7.22. The predicted octanol–water partition coefficient (Wildman–Crippen LogP) is 5.99. The summed E-state index contributed by atoms with van der Waals surface area (Å²) in [7, 11) is 0. The van der Waals surface area contributed by atoms with Crippen LogP contribution in [-0.2, 0) is 0 Å². The van der Waals surface area contributed by atoms with Crippen LogP contribution in [0.3, 0.4) is 0 Å². The number of benzene rings is 3. The molecule has 5 heteroatoms. The molecule has 0 aliphatic carbocycles. The van der Waals surface area contributed by atoms with E-state index in [1.54, 1.807) is 0 Å². The molecule has 3 aromatic heterocycles. The largest absolute Gasteiger partial charge is 0.278 e. The molecule has 0 atom stereocenters. The highest BCUT2D eigenvalue weighted by Crippen LogP contribution is 2.39. The lowest BCUT2D eigenvalue weighted by molar-refractivity contribution is 1.12. The van der Waals surface area contributed by atoms with E-state index in [0.29, 0.717) is 0 Å². The fraction of sp³-hybridized carbons (Fsp3) is 0. The van der Waals surface area contributed by atoms with Gasteiger partial charge in [0.1, 0.15) is 0 Å². The number of H-pyrrole nitrogens is 2. The molecule has 0 spiro atoms. The number of aromatic nitrogens is 4. The van der Waals surface area contributed by atoms with E-state index in [1.807, 2.05) is 23.7 Å². The van der Waals surface area contributed by atoms with E-state index >= 15 is 0 Å². The summed E-state index contributed by atoms with van der Waals surface area (Å²) in [4.78, 5) is 1.25. The zero-order chi connectivity index (χ0) is 17.8. The smallest absolute Gasteiger partial charge is 0.0737 e. The van der Waals surface area contributed by atoms with E-state index in [0.717, 1.165) is 21.8 Å². The van der Waals surface area contributed by atoms with Gasteiger partial charge in [0, 0.05) is 25.9 Å². The molecule has 0 saturated heterocycles. The third kappa shape index (κ3) is 2.29. The molecule has 3 heterocycles. The first-order valence-electron chi connectivity index (χ1n) is 8.75. The molecule has 0 aliphatic heterocycles. The SMILES string of the molecule is c1ccc2sc(-c3cc(-c4ccc5[nH]ncc5c4)cc4cn[nH]c34)cc2c1. The molecular formula is C22H14N4S. The molecule has 0 amide bonds. The van der Waals surface area contributed by atoms with Crippen molar-refractivity contribution in [1.29, 1.82) is 0 Å². The fourth-order valence-electron chi connectivity index (χ4n) is 3.66. The van der Waals surface area contributed by atoms with Gasteiger partial charge in [0.25, 0.3) is 0 Å². The summed E-state index contributed by atoms with van der Waals surface area (Å²) in [6.07, 6.45) is 3.76. The lowest BCUT2D eigenvalue weighted by Crippen LogP contribution is -1.83. The Morgan fingerprint density at radius 3 is 2.52 bits per heavy atom. The van der Waals surface area contributed by atoms with Crippen LogP contribution in [0.1, 0.15) is 0 Å². The fourth-order valence-corrected chi connectivity index (χ4v) is 4.74. The Bertz CT molecular complexity index is 1400. The van der Waals surface area contributed by atoms with Crippen LogP contribution in [0.5, 0.6) is 0 Å². The molecule has 6 aromatic rings. The summed E-state index contributed by atoms with van der Waals surface area (Å²) in [6.45, 7) is 0. The van der Waals surface area contributed by atoms with Crippen LogP contribution >= 0.6 is 11.3 Å². The third-order valence-electron chi connectivity index (χ3n) is 5.01. The van der Waals surface area contributed by atoms with E-state index in [2.05, 4.69) is 81.1 Å². The summed E-state index contributed by atoms with van der Waals surface area (Å²) in [6, 6.07) is 21.6. The molecular weight excluding hydrogens is 352 g/mol. The van der Waals surface area contributed by atoms with E-state index in [1.165, 1.54) is 31.7 Å². The van der Waals surface area contributed by atoms with Gasteiger partial charge in [-0.25, -0.2) is 0 Å². The number of hydrogen-bond acceptors (Lipinski definition) is 3. The van der Waals surface area contributed by atoms with Gasteiger partial charge in [0.15, 0.2) is 0 Å². The van der Waals surface area contributed by atoms with Gasteiger partial charge in [-0.3, -0.25) is 10.2 Å². The molecule has 128 valence electrons. The Morgan fingerprint density at radius 2 is 1.56 bits per heavy atom. The maximum absolute atomic E-state index is 4.28. The summed E-state index contributed by atoms with van der Waals surface area (Å²) in [5, 5.41) is 18.1. The second kappa shape index (κ2) is 5.53. The lowest BCUT2D eigenvalue weighted by atomic mass is 9.98. The van der Waals surface area contributed by atoms with Crippen molar-refractivity contribution in [1.82, 2.24) is 20.4 Å². The first kappa shape index (κ1) is 14.7. The predicted molar refractivity (Wildman–Crippen MR) is 112 cm³/mol. The number of rotatable bonds is 2. The molecule has 2 N–H and O–H groups in total. The zero-order valence-electron chi connectivity index (χ0n) is 14.2. The van der Waals surface area contributed by atoms with Gasteiger partial charge in [-0.2, -0.15) is 10.2 Å². The quantitative estimate of drug-likeness (QED) is 0.395. The summed E-state index contributed by atoms with van der Waals surface area (Å²) < 4.78 is 1.30. The van der Waals surface area contributed by atoms with Gasteiger partial charge in [-0.1, -0.05) is 24.3 Å². The monoisotopic (exact) mass is 366 g/mol. The van der Waals surface area contributed by atoms with Gasteiger partial charge in [-0.15, -0.1) is 11.3 Å². The summed E-state index contributed by atoms with van der Waals surface area (Å²) >= 11 is 1.81. The molecule has 4 nitrogen and oxygen atoms in total. The van der Waals surface area contributed by atoms with Gasteiger partial charge in [0.05, 0.1) is 23.4 Å². The van der Waals surface area contributed by atoms with E-state index in [4.69, 9.17) is 0 Å².